The van der Waals surface area contributed by atoms with Crippen LogP contribution >= 0.6 is 11.3 Å². The number of benzene rings is 1. The Labute approximate surface area is 112 Å². The highest BCUT2D eigenvalue weighted by molar-refractivity contribution is 7.09. The SMILES string of the molecule is COc1ccc(C)cc1CNC(C)c1nccs1. The standard InChI is InChI=1S/C14H18N2OS/c1-10-4-5-13(17-3)12(8-10)9-16-11(2)14-15-6-7-18-14/h4-8,11,16H,9H2,1-3H3. The fourth-order valence-corrected chi connectivity index (χ4v) is 2.51. The molecule has 1 aromatic carbocycles. The third-order valence-electron chi connectivity index (χ3n) is 2.86. The Bertz CT molecular complexity index is 497. The van der Waals surface area contributed by atoms with Crippen LogP contribution in [0.25, 0.3) is 0 Å². The molecule has 0 saturated carbocycles. The van der Waals surface area contributed by atoms with E-state index in [1.165, 1.54) is 11.1 Å². The van der Waals surface area contributed by atoms with Gasteiger partial charge in [0.25, 0.3) is 0 Å². The van der Waals surface area contributed by atoms with Crippen molar-refractivity contribution in [1.82, 2.24) is 10.3 Å². The number of methoxy groups -OCH3 is 1. The summed E-state index contributed by atoms with van der Waals surface area (Å²) in [5.41, 5.74) is 2.43. The van der Waals surface area contributed by atoms with Gasteiger partial charge in [0.2, 0.25) is 0 Å². The second-order valence-electron chi connectivity index (χ2n) is 4.29. The first-order valence-corrected chi connectivity index (χ1v) is 6.85. The Balaban J connectivity index is 2.03. The second-order valence-corrected chi connectivity index (χ2v) is 5.21. The Morgan fingerprint density at radius 1 is 1.44 bits per heavy atom. The van der Waals surface area contributed by atoms with Crippen molar-refractivity contribution in [1.29, 1.82) is 0 Å². The second kappa shape index (κ2) is 5.98. The lowest BCUT2D eigenvalue weighted by Gasteiger charge is -2.14. The molecule has 96 valence electrons. The first kappa shape index (κ1) is 13.1. The van der Waals surface area contributed by atoms with Crippen LogP contribution in [0.4, 0.5) is 0 Å². The summed E-state index contributed by atoms with van der Waals surface area (Å²) in [4.78, 5) is 4.31. The molecule has 4 heteroatoms. The van der Waals surface area contributed by atoms with Crippen molar-refractivity contribution in [2.75, 3.05) is 7.11 Å². The normalized spacial score (nSPS) is 12.4. The summed E-state index contributed by atoms with van der Waals surface area (Å²) in [6.45, 7) is 5.00. The summed E-state index contributed by atoms with van der Waals surface area (Å²) in [6.07, 6.45) is 1.84. The molecule has 1 aromatic heterocycles. The van der Waals surface area contributed by atoms with E-state index in [1.54, 1.807) is 18.4 Å². The van der Waals surface area contributed by atoms with Crippen molar-refractivity contribution in [3.8, 4) is 5.75 Å². The number of aryl methyl sites for hydroxylation is 1. The summed E-state index contributed by atoms with van der Waals surface area (Å²) in [6, 6.07) is 6.49. The highest BCUT2D eigenvalue weighted by atomic mass is 32.1. The van der Waals surface area contributed by atoms with E-state index in [0.717, 1.165) is 17.3 Å². The maximum absolute atomic E-state index is 5.37. The number of nitrogens with one attached hydrogen (secondary N) is 1. The lowest BCUT2D eigenvalue weighted by Crippen LogP contribution is -2.18. The molecule has 1 unspecified atom stereocenters. The molecular weight excluding hydrogens is 244 g/mol. The van der Waals surface area contributed by atoms with E-state index in [0.29, 0.717) is 0 Å². The number of hydrogen-bond acceptors (Lipinski definition) is 4. The molecule has 0 amide bonds. The monoisotopic (exact) mass is 262 g/mol. The fourth-order valence-electron chi connectivity index (χ4n) is 1.84. The van der Waals surface area contributed by atoms with Gasteiger partial charge in [-0.05, 0) is 19.9 Å². The summed E-state index contributed by atoms with van der Waals surface area (Å²) < 4.78 is 5.37. The zero-order valence-corrected chi connectivity index (χ0v) is 11.8. The van der Waals surface area contributed by atoms with Gasteiger partial charge in [-0.15, -0.1) is 11.3 Å². The molecule has 0 aliphatic heterocycles. The maximum Gasteiger partial charge on any atom is 0.123 e. The van der Waals surface area contributed by atoms with Gasteiger partial charge in [-0.1, -0.05) is 17.7 Å². The predicted octanol–water partition coefficient (Wildman–Crippen LogP) is 3.31. The lowest BCUT2D eigenvalue weighted by molar-refractivity contribution is 0.406. The largest absolute Gasteiger partial charge is 0.496 e. The average Bonchev–Trinajstić information content (AvgIpc) is 2.90. The number of ether oxygens (including phenoxy) is 1. The first-order valence-electron chi connectivity index (χ1n) is 5.97. The topological polar surface area (TPSA) is 34.1 Å². The van der Waals surface area contributed by atoms with Gasteiger partial charge in [-0.3, -0.25) is 0 Å². The molecule has 0 fully saturated rings. The molecule has 2 aromatic rings. The third kappa shape index (κ3) is 3.09. The van der Waals surface area contributed by atoms with Crippen LogP contribution in [0, 0.1) is 6.92 Å². The molecule has 0 bridgehead atoms. The quantitative estimate of drug-likeness (QED) is 0.897. The van der Waals surface area contributed by atoms with E-state index in [-0.39, 0.29) is 6.04 Å². The Morgan fingerprint density at radius 3 is 2.94 bits per heavy atom. The highest BCUT2D eigenvalue weighted by Crippen LogP contribution is 2.21. The van der Waals surface area contributed by atoms with Gasteiger partial charge in [0, 0.05) is 23.7 Å². The van der Waals surface area contributed by atoms with E-state index >= 15 is 0 Å². The minimum atomic E-state index is 0.259. The van der Waals surface area contributed by atoms with E-state index in [1.807, 2.05) is 17.6 Å². The minimum Gasteiger partial charge on any atom is -0.496 e. The van der Waals surface area contributed by atoms with Crippen LogP contribution < -0.4 is 10.1 Å². The van der Waals surface area contributed by atoms with E-state index in [9.17, 15) is 0 Å². The zero-order valence-electron chi connectivity index (χ0n) is 10.9. The zero-order chi connectivity index (χ0) is 13.0. The highest BCUT2D eigenvalue weighted by Gasteiger charge is 2.09. The number of aromatic nitrogens is 1. The molecule has 3 nitrogen and oxygen atoms in total. The van der Waals surface area contributed by atoms with Crippen molar-refractivity contribution < 1.29 is 4.74 Å². The Morgan fingerprint density at radius 2 is 2.28 bits per heavy atom. The summed E-state index contributed by atoms with van der Waals surface area (Å²) in [5, 5.41) is 6.58. The minimum absolute atomic E-state index is 0.259. The van der Waals surface area contributed by atoms with Crippen molar-refractivity contribution in [3.05, 3.63) is 45.9 Å². The van der Waals surface area contributed by atoms with Crippen molar-refractivity contribution in [3.63, 3.8) is 0 Å². The number of rotatable bonds is 5. The maximum atomic E-state index is 5.37. The van der Waals surface area contributed by atoms with E-state index < -0.39 is 0 Å². The molecule has 0 saturated heterocycles. The summed E-state index contributed by atoms with van der Waals surface area (Å²) in [5.74, 6) is 0.930. The predicted molar refractivity (Wildman–Crippen MR) is 75.1 cm³/mol. The van der Waals surface area contributed by atoms with Gasteiger partial charge in [-0.25, -0.2) is 4.98 Å². The van der Waals surface area contributed by atoms with Crippen LogP contribution in [0.5, 0.6) is 5.75 Å². The average molecular weight is 262 g/mol. The number of thiazole rings is 1. The molecule has 1 atom stereocenters. The van der Waals surface area contributed by atoms with Gasteiger partial charge >= 0.3 is 0 Å². The van der Waals surface area contributed by atoms with E-state index in [2.05, 4.69) is 36.3 Å². The van der Waals surface area contributed by atoms with Gasteiger partial charge in [-0.2, -0.15) is 0 Å². The summed E-state index contributed by atoms with van der Waals surface area (Å²) >= 11 is 1.67. The third-order valence-corrected chi connectivity index (χ3v) is 3.81. The van der Waals surface area contributed by atoms with Gasteiger partial charge in [0.15, 0.2) is 0 Å². The molecule has 1 N–H and O–H groups in total. The van der Waals surface area contributed by atoms with Crippen LogP contribution in [-0.4, -0.2) is 12.1 Å². The van der Waals surface area contributed by atoms with E-state index in [4.69, 9.17) is 4.74 Å². The molecular formula is C14H18N2OS. The van der Waals surface area contributed by atoms with Crippen LogP contribution in [0.2, 0.25) is 0 Å². The first-order chi connectivity index (χ1) is 8.70. The van der Waals surface area contributed by atoms with Crippen LogP contribution in [0.15, 0.2) is 29.8 Å². The van der Waals surface area contributed by atoms with Crippen LogP contribution in [0.1, 0.15) is 29.1 Å². The molecule has 0 aliphatic rings. The number of nitrogens with zero attached hydrogens (tertiary/aromatic N) is 1. The van der Waals surface area contributed by atoms with Crippen molar-refractivity contribution in [2.24, 2.45) is 0 Å². The fraction of sp³-hybridized carbons (Fsp3) is 0.357. The molecule has 0 spiro atoms. The molecule has 0 radical (unpaired) electrons. The Hall–Kier alpha value is -1.39. The van der Waals surface area contributed by atoms with Crippen molar-refractivity contribution in [2.45, 2.75) is 26.4 Å². The number of hydrogen-bond donors (Lipinski definition) is 1. The summed E-state index contributed by atoms with van der Waals surface area (Å²) in [7, 11) is 1.71. The van der Waals surface area contributed by atoms with Gasteiger partial charge < -0.3 is 10.1 Å². The Kier molecular flexibility index (Phi) is 4.33. The van der Waals surface area contributed by atoms with Gasteiger partial charge in [0.1, 0.15) is 10.8 Å². The molecule has 18 heavy (non-hydrogen) atoms. The lowest BCUT2D eigenvalue weighted by atomic mass is 10.1. The molecule has 2 rings (SSSR count). The van der Waals surface area contributed by atoms with Crippen LogP contribution in [-0.2, 0) is 6.54 Å². The van der Waals surface area contributed by atoms with Crippen molar-refractivity contribution >= 4 is 11.3 Å². The van der Waals surface area contributed by atoms with Crippen LogP contribution in [0.3, 0.4) is 0 Å². The smallest absolute Gasteiger partial charge is 0.123 e. The van der Waals surface area contributed by atoms with Gasteiger partial charge in [0.05, 0.1) is 13.2 Å². The molecule has 0 aliphatic carbocycles. The molecule has 1 heterocycles.